The first-order valence-corrected chi connectivity index (χ1v) is 5.03. The van der Waals surface area contributed by atoms with E-state index in [2.05, 4.69) is 46.9 Å². The molecule has 1 unspecified atom stereocenters. The van der Waals surface area contributed by atoms with Crippen LogP contribution in [-0.4, -0.2) is 24.3 Å². The van der Waals surface area contributed by atoms with Gasteiger partial charge in [0.25, 0.3) is 0 Å². The van der Waals surface area contributed by atoms with Gasteiger partial charge in [-0.3, -0.25) is 0 Å². The van der Waals surface area contributed by atoms with Gasteiger partial charge in [0.05, 0.1) is 0 Å². The molecule has 0 aromatic carbocycles. The van der Waals surface area contributed by atoms with E-state index >= 15 is 0 Å². The number of aliphatic hydroxyl groups is 1. The Labute approximate surface area is 82.7 Å². The van der Waals surface area contributed by atoms with Crippen LogP contribution in [0.2, 0.25) is 0 Å². The van der Waals surface area contributed by atoms with Crippen molar-refractivity contribution < 1.29 is 5.11 Å². The second-order valence-electron chi connectivity index (χ2n) is 5.79. The Hall–Kier alpha value is -0.0800. The monoisotopic (exact) mass is 187 g/mol. The van der Waals surface area contributed by atoms with E-state index < -0.39 is 0 Å². The van der Waals surface area contributed by atoms with Crippen molar-refractivity contribution >= 4 is 0 Å². The third-order valence-electron chi connectivity index (χ3n) is 2.61. The molecule has 80 valence electrons. The fourth-order valence-corrected chi connectivity index (χ4v) is 0.791. The Bertz CT molecular complexity index is 147. The van der Waals surface area contributed by atoms with E-state index in [9.17, 15) is 0 Å². The number of hydrogen-bond donors (Lipinski definition) is 2. The van der Waals surface area contributed by atoms with E-state index in [1.807, 2.05) is 0 Å². The van der Waals surface area contributed by atoms with Crippen molar-refractivity contribution in [2.45, 2.75) is 47.6 Å². The normalized spacial score (nSPS) is 15.9. The Morgan fingerprint density at radius 3 is 1.92 bits per heavy atom. The summed E-state index contributed by atoms with van der Waals surface area (Å²) in [6, 6.07) is 0.471. The summed E-state index contributed by atoms with van der Waals surface area (Å²) in [6.45, 7) is 14.1. The topological polar surface area (TPSA) is 32.3 Å². The molecular weight excluding hydrogens is 162 g/mol. The maximum atomic E-state index is 9.07. The highest BCUT2D eigenvalue weighted by Crippen LogP contribution is 2.20. The molecule has 0 aromatic heterocycles. The van der Waals surface area contributed by atoms with Crippen LogP contribution in [0.4, 0.5) is 0 Å². The summed E-state index contributed by atoms with van der Waals surface area (Å²) in [5.74, 6) is 0. The van der Waals surface area contributed by atoms with Crippen LogP contribution in [-0.2, 0) is 0 Å². The van der Waals surface area contributed by atoms with Crippen LogP contribution in [0.1, 0.15) is 41.5 Å². The SMILES string of the molecule is CC(NCC(C)(C)CO)C(C)(C)C. The summed E-state index contributed by atoms with van der Waals surface area (Å²) >= 11 is 0. The molecule has 2 nitrogen and oxygen atoms in total. The van der Waals surface area contributed by atoms with Crippen molar-refractivity contribution in [1.82, 2.24) is 5.32 Å². The molecule has 0 rings (SSSR count). The molecule has 0 aliphatic heterocycles. The molecule has 0 radical (unpaired) electrons. The van der Waals surface area contributed by atoms with Crippen molar-refractivity contribution in [2.24, 2.45) is 10.8 Å². The summed E-state index contributed by atoms with van der Waals surface area (Å²) in [7, 11) is 0. The van der Waals surface area contributed by atoms with Crippen molar-refractivity contribution in [1.29, 1.82) is 0 Å². The average Bonchev–Trinajstić information content (AvgIpc) is 1.98. The van der Waals surface area contributed by atoms with Gasteiger partial charge in [-0.2, -0.15) is 0 Å². The molecule has 1 atom stereocenters. The molecule has 0 aliphatic carbocycles. The predicted molar refractivity (Wildman–Crippen MR) is 57.8 cm³/mol. The summed E-state index contributed by atoms with van der Waals surface area (Å²) in [5.41, 5.74) is 0.269. The molecule has 0 fully saturated rings. The maximum absolute atomic E-state index is 9.07. The van der Waals surface area contributed by atoms with Crippen LogP contribution < -0.4 is 5.32 Å². The Morgan fingerprint density at radius 1 is 1.15 bits per heavy atom. The van der Waals surface area contributed by atoms with Crippen molar-refractivity contribution in [2.75, 3.05) is 13.2 Å². The number of rotatable bonds is 4. The molecule has 0 saturated carbocycles. The van der Waals surface area contributed by atoms with Gasteiger partial charge < -0.3 is 10.4 Å². The third-order valence-corrected chi connectivity index (χ3v) is 2.61. The lowest BCUT2D eigenvalue weighted by atomic mass is 9.86. The fraction of sp³-hybridized carbons (Fsp3) is 1.00. The van der Waals surface area contributed by atoms with Crippen molar-refractivity contribution in [3.63, 3.8) is 0 Å². The molecule has 0 aliphatic rings. The van der Waals surface area contributed by atoms with Gasteiger partial charge in [-0.05, 0) is 12.3 Å². The number of nitrogens with one attached hydrogen (secondary N) is 1. The van der Waals surface area contributed by atoms with E-state index in [1.165, 1.54) is 0 Å². The quantitative estimate of drug-likeness (QED) is 0.706. The van der Waals surface area contributed by atoms with Crippen molar-refractivity contribution in [3.8, 4) is 0 Å². The lowest BCUT2D eigenvalue weighted by Gasteiger charge is -2.32. The first-order valence-electron chi connectivity index (χ1n) is 5.03. The average molecular weight is 187 g/mol. The smallest absolute Gasteiger partial charge is 0.0494 e. The van der Waals surface area contributed by atoms with Crippen LogP contribution in [0.25, 0.3) is 0 Å². The Kier molecular flexibility index (Phi) is 4.40. The van der Waals surface area contributed by atoms with E-state index in [-0.39, 0.29) is 17.4 Å². The van der Waals surface area contributed by atoms with E-state index in [0.29, 0.717) is 6.04 Å². The second-order valence-corrected chi connectivity index (χ2v) is 5.79. The van der Waals surface area contributed by atoms with E-state index in [0.717, 1.165) is 6.54 Å². The Balaban J connectivity index is 3.90. The number of aliphatic hydroxyl groups excluding tert-OH is 1. The fourth-order valence-electron chi connectivity index (χ4n) is 0.791. The van der Waals surface area contributed by atoms with E-state index in [4.69, 9.17) is 5.11 Å². The van der Waals surface area contributed by atoms with Crippen molar-refractivity contribution in [3.05, 3.63) is 0 Å². The third kappa shape index (κ3) is 5.27. The second kappa shape index (κ2) is 4.43. The molecule has 0 bridgehead atoms. The van der Waals surface area contributed by atoms with E-state index in [1.54, 1.807) is 0 Å². The standard InChI is InChI=1S/C11H25NO/c1-9(10(2,3)4)12-7-11(5,6)8-13/h9,12-13H,7-8H2,1-6H3. The predicted octanol–water partition coefficient (Wildman–Crippen LogP) is 2.03. The zero-order valence-corrected chi connectivity index (χ0v) is 9.94. The molecule has 2 heteroatoms. The molecule has 0 saturated heterocycles. The molecule has 0 amide bonds. The molecule has 0 heterocycles. The molecule has 2 N–H and O–H groups in total. The minimum absolute atomic E-state index is 0.0144. The zero-order valence-electron chi connectivity index (χ0n) is 9.94. The molecule has 13 heavy (non-hydrogen) atoms. The summed E-state index contributed by atoms with van der Waals surface area (Å²) in [4.78, 5) is 0. The lowest BCUT2D eigenvalue weighted by molar-refractivity contribution is 0.144. The highest BCUT2D eigenvalue weighted by atomic mass is 16.3. The maximum Gasteiger partial charge on any atom is 0.0494 e. The first-order chi connectivity index (χ1) is 5.69. The summed E-state index contributed by atoms with van der Waals surface area (Å²) in [5, 5.41) is 12.5. The molecular formula is C11H25NO. The van der Waals surface area contributed by atoms with Gasteiger partial charge >= 0.3 is 0 Å². The molecule has 0 spiro atoms. The Morgan fingerprint density at radius 2 is 1.62 bits per heavy atom. The van der Waals surface area contributed by atoms with Gasteiger partial charge in [-0.15, -0.1) is 0 Å². The summed E-state index contributed by atoms with van der Waals surface area (Å²) in [6.07, 6.45) is 0. The van der Waals surface area contributed by atoms with Crippen LogP contribution in [0.5, 0.6) is 0 Å². The minimum Gasteiger partial charge on any atom is -0.396 e. The zero-order chi connectivity index (χ0) is 10.7. The number of hydrogen-bond acceptors (Lipinski definition) is 2. The van der Waals surface area contributed by atoms with Crippen LogP contribution >= 0.6 is 0 Å². The largest absolute Gasteiger partial charge is 0.396 e. The summed E-state index contributed by atoms with van der Waals surface area (Å²) < 4.78 is 0. The molecule has 0 aromatic rings. The van der Waals surface area contributed by atoms with Gasteiger partial charge in [-0.1, -0.05) is 34.6 Å². The highest BCUT2D eigenvalue weighted by Gasteiger charge is 2.23. The van der Waals surface area contributed by atoms with Gasteiger partial charge in [0, 0.05) is 24.6 Å². The van der Waals surface area contributed by atoms with Gasteiger partial charge in [-0.25, -0.2) is 0 Å². The van der Waals surface area contributed by atoms with Gasteiger partial charge in [0.2, 0.25) is 0 Å². The van der Waals surface area contributed by atoms with Gasteiger partial charge in [0.15, 0.2) is 0 Å². The minimum atomic E-state index is -0.0144. The van der Waals surface area contributed by atoms with Crippen LogP contribution in [0, 0.1) is 10.8 Å². The lowest BCUT2D eigenvalue weighted by Crippen LogP contribution is -2.43. The first kappa shape index (κ1) is 12.9. The van der Waals surface area contributed by atoms with Crippen LogP contribution in [0.3, 0.4) is 0 Å². The van der Waals surface area contributed by atoms with Crippen LogP contribution in [0.15, 0.2) is 0 Å². The van der Waals surface area contributed by atoms with Gasteiger partial charge in [0.1, 0.15) is 0 Å². The highest BCUT2D eigenvalue weighted by molar-refractivity contribution is 4.79.